The first-order valence-corrected chi connectivity index (χ1v) is 20.1. The number of allylic oxidation sites excluding steroid dienone is 2. The lowest BCUT2D eigenvalue weighted by atomic mass is 9.80. The lowest BCUT2D eigenvalue weighted by molar-refractivity contribution is -0.143. The van der Waals surface area contributed by atoms with E-state index in [1.165, 1.54) is 36.7 Å². The number of rotatable bonds is 13. The van der Waals surface area contributed by atoms with Crippen molar-refractivity contribution in [1.82, 2.24) is 20.3 Å². The van der Waals surface area contributed by atoms with Gasteiger partial charge in [0.2, 0.25) is 0 Å². The summed E-state index contributed by atoms with van der Waals surface area (Å²) in [4.78, 5) is 37.8. The van der Waals surface area contributed by atoms with Gasteiger partial charge in [-0.25, -0.2) is 0 Å². The van der Waals surface area contributed by atoms with Crippen LogP contribution in [0.3, 0.4) is 0 Å². The molecule has 3 aromatic rings. The molecule has 2 aliphatic heterocycles. The van der Waals surface area contributed by atoms with Crippen LogP contribution in [0.4, 0.5) is 0 Å². The smallest absolute Gasteiger partial charge is 0.320 e. The second-order valence-electron chi connectivity index (χ2n) is 16.0. The van der Waals surface area contributed by atoms with E-state index in [0.717, 1.165) is 86.3 Å². The number of methoxy groups -OCH3 is 1. The summed E-state index contributed by atoms with van der Waals surface area (Å²) in [6.07, 6.45) is 16.4. The van der Waals surface area contributed by atoms with Crippen molar-refractivity contribution in [2.24, 2.45) is 23.7 Å². The largest absolute Gasteiger partial charge is 0.510 e. The Morgan fingerprint density at radius 1 is 0.982 bits per heavy atom. The van der Waals surface area contributed by atoms with Crippen LogP contribution in [0, 0.1) is 44.4 Å². The molecule has 3 aromatic heterocycles. The van der Waals surface area contributed by atoms with Gasteiger partial charge in [0.1, 0.15) is 18.3 Å². The molecule has 5 atom stereocenters. The van der Waals surface area contributed by atoms with Crippen LogP contribution >= 0.6 is 0 Å². The van der Waals surface area contributed by atoms with Crippen molar-refractivity contribution in [2.45, 2.75) is 106 Å². The molecule has 0 amide bonds. The van der Waals surface area contributed by atoms with E-state index < -0.39 is 17.9 Å². The molecule has 1 fully saturated rings. The molecule has 0 radical (unpaired) electrons. The Morgan fingerprint density at radius 3 is 2.40 bits per heavy atom. The third-order valence-electron chi connectivity index (χ3n) is 12.6. The number of carbonyl (C=O) groups excluding carboxylic acids is 2. The van der Waals surface area contributed by atoms with Crippen LogP contribution in [0.2, 0.25) is 0 Å². The van der Waals surface area contributed by atoms with Crippen molar-refractivity contribution in [3.05, 3.63) is 90.1 Å². The Balaban J connectivity index is 1.44. The number of carbonyl (C=O) groups is 2. The zero-order valence-electron chi connectivity index (χ0n) is 34.2. The van der Waals surface area contributed by atoms with Gasteiger partial charge < -0.3 is 34.8 Å². The van der Waals surface area contributed by atoms with Gasteiger partial charge in [-0.1, -0.05) is 58.8 Å². The van der Waals surface area contributed by atoms with E-state index in [0.29, 0.717) is 11.6 Å². The van der Waals surface area contributed by atoms with E-state index in [1.807, 2.05) is 19.1 Å². The molecule has 0 saturated carbocycles. The predicted molar refractivity (Wildman–Crippen MR) is 221 cm³/mol. The van der Waals surface area contributed by atoms with Crippen LogP contribution in [0.1, 0.15) is 118 Å². The first-order valence-electron chi connectivity index (χ1n) is 20.1. The highest BCUT2D eigenvalue weighted by Crippen LogP contribution is 2.42. The highest BCUT2D eigenvalue weighted by molar-refractivity contribution is 5.95. The second-order valence-corrected chi connectivity index (χ2v) is 16.0. The Kier molecular flexibility index (Phi) is 11.9. The molecule has 8 bridgehead atoms. The molecule has 55 heavy (non-hydrogen) atoms. The van der Waals surface area contributed by atoms with Gasteiger partial charge in [-0.3, -0.25) is 9.59 Å². The summed E-state index contributed by atoms with van der Waals surface area (Å²) in [6.45, 7) is 21.6. The standard InChI is InChI=1S/C46H60N4O5/c1-11-24(4)15-14-16-25(5)19-20-55-39(51)18-17-32-28(8)35-21-33-26(6)30(12-2)37(47-33)22-34-27(7)31(13-3)38(48-34)23-36-29(9)40-44(50-36)41(43(32)49-35)42(45(40)52)46(53)54-10/h12,19,21-24,28,32,42-43,47-50,52H,2,11,13-18,20H2,1,3-10H3/b25-19+,34-22-,35-21-,38-23-/t24-,28+,32+,42-,43?/m1/s1. The van der Waals surface area contributed by atoms with Crippen molar-refractivity contribution in [2.75, 3.05) is 13.7 Å². The van der Waals surface area contributed by atoms with E-state index in [2.05, 4.69) is 93.5 Å². The maximum absolute atomic E-state index is 13.6. The van der Waals surface area contributed by atoms with Crippen LogP contribution in [0.15, 0.2) is 23.9 Å². The number of hydrogen-bond donors (Lipinski definition) is 5. The number of aromatic nitrogens is 3. The SMILES string of the molecule is C=Cc1c2[nH]c(c1C)/C=C1\NC(C3=c4[nH]c(c(C)c4=C(O)[C@@H]3C(=O)OC)/C=c3\[nH]/c(c(C)c3CC)=C\2)[C@@H](CCC(=O)OC/C=C(\C)CCC[C@H](C)CC)[C@@H]1C. The first-order chi connectivity index (χ1) is 26.3. The Hall–Kier alpha value is -4.92. The number of aliphatic hydroxyl groups is 1. The Labute approximate surface area is 325 Å². The van der Waals surface area contributed by atoms with Crippen LogP contribution in [0.5, 0.6) is 0 Å². The molecule has 9 heteroatoms. The molecule has 0 spiro atoms. The van der Waals surface area contributed by atoms with Crippen LogP contribution in [-0.2, 0) is 25.5 Å². The monoisotopic (exact) mass is 748 g/mol. The summed E-state index contributed by atoms with van der Waals surface area (Å²) in [5.41, 5.74) is 11.0. The fourth-order valence-corrected chi connectivity index (χ4v) is 8.95. The van der Waals surface area contributed by atoms with Crippen LogP contribution < -0.4 is 26.6 Å². The van der Waals surface area contributed by atoms with Gasteiger partial charge in [-0.05, 0) is 117 Å². The van der Waals surface area contributed by atoms with E-state index in [4.69, 9.17) is 9.47 Å². The fraction of sp³-hybridized carbons (Fsp3) is 0.478. The van der Waals surface area contributed by atoms with Crippen molar-refractivity contribution < 1.29 is 24.2 Å². The third kappa shape index (κ3) is 7.54. The molecule has 1 aliphatic carbocycles. The number of aliphatic hydroxyl groups excluding tert-OH is 1. The molecule has 5 N–H and O–H groups in total. The van der Waals surface area contributed by atoms with Gasteiger partial charge >= 0.3 is 11.9 Å². The molecule has 1 unspecified atom stereocenters. The zero-order valence-corrected chi connectivity index (χ0v) is 34.2. The van der Waals surface area contributed by atoms with Gasteiger partial charge in [-0.15, -0.1) is 0 Å². The third-order valence-corrected chi connectivity index (χ3v) is 12.6. The second kappa shape index (κ2) is 16.4. The summed E-state index contributed by atoms with van der Waals surface area (Å²) in [5, 5.41) is 19.0. The fourth-order valence-electron chi connectivity index (χ4n) is 8.95. The van der Waals surface area contributed by atoms with Crippen LogP contribution in [0.25, 0.3) is 35.6 Å². The lowest BCUT2D eigenvalue weighted by Gasteiger charge is -2.26. The van der Waals surface area contributed by atoms with Crippen molar-refractivity contribution in [3.63, 3.8) is 0 Å². The highest BCUT2D eigenvalue weighted by atomic mass is 16.5. The number of esters is 2. The van der Waals surface area contributed by atoms with Crippen molar-refractivity contribution >= 4 is 47.6 Å². The normalized spacial score (nSPS) is 22.9. The van der Waals surface area contributed by atoms with Gasteiger partial charge in [0.05, 0.1) is 18.5 Å². The van der Waals surface area contributed by atoms with Gasteiger partial charge in [-0.2, -0.15) is 0 Å². The maximum Gasteiger partial charge on any atom is 0.320 e. The molecule has 5 heterocycles. The highest BCUT2D eigenvalue weighted by Gasteiger charge is 2.47. The number of hydrogen-bond acceptors (Lipinski definition) is 6. The van der Waals surface area contributed by atoms with Gasteiger partial charge in [0, 0.05) is 56.6 Å². The van der Waals surface area contributed by atoms with Crippen LogP contribution in [-0.4, -0.2) is 51.8 Å². The molecule has 0 aromatic carbocycles. The molecule has 294 valence electrons. The Bertz CT molecular complexity index is 2310. The molecular weight excluding hydrogens is 689 g/mol. The molecule has 9 nitrogen and oxygen atoms in total. The quantitative estimate of drug-likeness (QED) is 0.105. The summed E-state index contributed by atoms with van der Waals surface area (Å²) in [7, 11) is 1.35. The molecule has 1 saturated heterocycles. The summed E-state index contributed by atoms with van der Waals surface area (Å²) < 4.78 is 11.1. The number of ether oxygens (including phenoxy) is 2. The zero-order chi connectivity index (χ0) is 39.7. The Morgan fingerprint density at radius 2 is 1.71 bits per heavy atom. The van der Waals surface area contributed by atoms with E-state index in [-0.39, 0.29) is 36.6 Å². The molecular formula is C46H60N4O5. The van der Waals surface area contributed by atoms with E-state index >= 15 is 0 Å². The van der Waals surface area contributed by atoms with E-state index in [1.54, 1.807) is 0 Å². The molecule has 3 aliphatic rings. The minimum absolute atomic E-state index is 0.0180. The minimum Gasteiger partial charge on any atom is -0.510 e. The number of fused-ring (bicyclic) bond motifs is 8. The summed E-state index contributed by atoms with van der Waals surface area (Å²) in [6, 6.07) is -0.390. The summed E-state index contributed by atoms with van der Waals surface area (Å²) >= 11 is 0. The number of nitrogens with one attached hydrogen (secondary N) is 4. The lowest BCUT2D eigenvalue weighted by Crippen LogP contribution is -2.38. The number of H-pyrrole nitrogens is 3. The average molecular weight is 749 g/mol. The van der Waals surface area contributed by atoms with Crippen molar-refractivity contribution in [1.29, 1.82) is 0 Å². The minimum atomic E-state index is -0.990. The topological polar surface area (TPSA) is 132 Å². The van der Waals surface area contributed by atoms with Gasteiger partial charge in [0.25, 0.3) is 0 Å². The van der Waals surface area contributed by atoms with Crippen molar-refractivity contribution in [3.8, 4) is 0 Å². The molecule has 6 rings (SSSR count). The van der Waals surface area contributed by atoms with Gasteiger partial charge in [0.15, 0.2) is 0 Å². The average Bonchev–Trinajstić information content (AvgIpc) is 3.90. The number of aromatic amines is 3. The first kappa shape index (κ1) is 39.8. The maximum atomic E-state index is 13.6. The summed E-state index contributed by atoms with van der Waals surface area (Å²) in [5.74, 6) is -1.20. The predicted octanol–water partition coefficient (Wildman–Crippen LogP) is 6.14. The van der Waals surface area contributed by atoms with E-state index in [9.17, 15) is 14.7 Å².